The van der Waals surface area contributed by atoms with Gasteiger partial charge in [0.1, 0.15) is 24.3 Å². The first-order chi connectivity index (χ1) is 5.24. The van der Waals surface area contributed by atoms with E-state index >= 15 is 0 Å². The van der Waals surface area contributed by atoms with E-state index in [1.54, 1.807) is 19.2 Å². The molecular formula is C7H6N4. The summed E-state index contributed by atoms with van der Waals surface area (Å²) in [6.45, 7) is 0.173. The zero-order valence-corrected chi connectivity index (χ0v) is 6.07. The Morgan fingerprint density at radius 1 is 1.36 bits per heavy atom. The van der Waals surface area contributed by atoms with Gasteiger partial charge >= 0.3 is 0 Å². The minimum atomic E-state index is 0.00255. The van der Waals surface area contributed by atoms with E-state index in [0.717, 1.165) is 0 Å². The summed E-state index contributed by atoms with van der Waals surface area (Å²) >= 11 is 0. The lowest BCUT2D eigenvalue weighted by Crippen LogP contribution is -2.10. The fourth-order valence-electron chi connectivity index (χ4n) is 0.460. The molecule has 0 aliphatic heterocycles. The quantitative estimate of drug-likeness (QED) is 0.416. The molecule has 0 aliphatic carbocycles. The fraction of sp³-hybridized carbons (Fsp3) is 0.286. The largest absolute Gasteiger partial charge is 0.366 e. The van der Waals surface area contributed by atoms with Crippen LogP contribution in [0.2, 0.25) is 0 Å². The molecule has 0 aromatic heterocycles. The molecule has 0 atom stereocenters. The molecule has 0 aromatic rings. The first kappa shape index (κ1) is 9.01. The molecule has 0 bridgehead atoms. The van der Waals surface area contributed by atoms with Crippen LogP contribution in [0.4, 0.5) is 0 Å². The van der Waals surface area contributed by atoms with Crippen molar-refractivity contribution in [2.24, 2.45) is 0 Å². The summed E-state index contributed by atoms with van der Waals surface area (Å²) in [5.74, 6) is 0. The number of rotatable bonds is 2. The number of hydrogen-bond acceptors (Lipinski definition) is 4. The summed E-state index contributed by atoms with van der Waals surface area (Å²) in [5.41, 5.74) is 0.00255. The van der Waals surface area contributed by atoms with Gasteiger partial charge in [0.2, 0.25) is 0 Å². The van der Waals surface area contributed by atoms with Crippen molar-refractivity contribution in [2.75, 3.05) is 13.6 Å². The Bertz CT molecular complexity index is 254. The summed E-state index contributed by atoms with van der Waals surface area (Å²) in [6, 6.07) is 5.26. The maximum atomic E-state index is 8.29. The molecule has 0 spiro atoms. The minimum Gasteiger partial charge on any atom is -0.366 e. The van der Waals surface area contributed by atoms with Crippen molar-refractivity contribution < 1.29 is 0 Å². The zero-order valence-electron chi connectivity index (χ0n) is 6.07. The van der Waals surface area contributed by atoms with Gasteiger partial charge < -0.3 is 4.90 Å². The third-order valence-electron chi connectivity index (χ3n) is 0.911. The third kappa shape index (κ3) is 3.56. The van der Waals surface area contributed by atoms with Crippen LogP contribution in [0.25, 0.3) is 0 Å². The molecule has 0 radical (unpaired) electrons. The molecule has 0 aliphatic rings. The van der Waals surface area contributed by atoms with Crippen molar-refractivity contribution in [3.8, 4) is 18.2 Å². The maximum absolute atomic E-state index is 8.29. The van der Waals surface area contributed by atoms with E-state index in [9.17, 15) is 0 Å². The minimum absolute atomic E-state index is 0.00255. The van der Waals surface area contributed by atoms with Crippen molar-refractivity contribution in [1.29, 1.82) is 15.8 Å². The second-order valence-corrected chi connectivity index (χ2v) is 1.84. The van der Waals surface area contributed by atoms with Crippen molar-refractivity contribution >= 4 is 0 Å². The van der Waals surface area contributed by atoms with E-state index in [0.29, 0.717) is 0 Å². The maximum Gasteiger partial charge on any atom is 0.145 e. The summed E-state index contributed by atoms with van der Waals surface area (Å²) in [5, 5.41) is 24.8. The lowest BCUT2D eigenvalue weighted by Gasteiger charge is -2.06. The van der Waals surface area contributed by atoms with Crippen LogP contribution < -0.4 is 0 Å². The highest BCUT2D eigenvalue weighted by atomic mass is 15.1. The Morgan fingerprint density at radius 3 is 2.27 bits per heavy atom. The van der Waals surface area contributed by atoms with Crippen LogP contribution in [-0.2, 0) is 0 Å². The molecule has 0 rings (SSSR count). The number of nitriles is 3. The van der Waals surface area contributed by atoms with Crippen LogP contribution in [0, 0.1) is 34.0 Å². The molecule has 0 aromatic carbocycles. The Labute approximate surface area is 65.2 Å². The van der Waals surface area contributed by atoms with E-state index in [2.05, 4.69) is 0 Å². The van der Waals surface area contributed by atoms with Gasteiger partial charge in [0.25, 0.3) is 0 Å². The molecule has 0 unspecified atom stereocenters. The predicted molar refractivity (Wildman–Crippen MR) is 37.6 cm³/mol. The molecule has 4 nitrogen and oxygen atoms in total. The van der Waals surface area contributed by atoms with Gasteiger partial charge in [-0.05, 0) is 0 Å². The van der Waals surface area contributed by atoms with Crippen LogP contribution >= 0.6 is 0 Å². The van der Waals surface area contributed by atoms with E-state index < -0.39 is 0 Å². The normalized spacial score (nSPS) is 6.73. The molecule has 0 saturated carbocycles. The van der Waals surface area contributed by atoms with Gasteiger partial charge in [-0.25, -0.2) is 0 Å². The summed E-state index contributed by atoms with van der Waals surface area (Å²) in [6.07, 6.45) is 1.34. The average molecular weight is 146 g/mol. The molecular weight excluding hydrogens is 140 g/mol. The summed E-state index contributed by atoms with van der Waals surface area (Å²) in [7, 11) is 1.62. The molecule has 0 fully saturated rings. The van der Waals surface area contributed by atoms with Crippen LogP contribution in [-0.4, -0.2) is 18.5 Å². The molecule has 11 heavy (non-hydrogen) atoms. The lowest BCUT2D eigenvalue weighted by molar-refractivity contribution is 0.513. The van der Waals surface area contributed by atoms with Crippen LogP contribution in [0.3, 0.4) is 0 Å². The highest BCUT2D eigenvalue weighted by molar-refractivity contribution is 5.34. The van der Waals surface area contributed by atoms with Gasteiger partial charge in [-0.15, -0.1) is 0 Å². The SMILES string of the molecule is CN(C=C(C#N)C#N)CC#N. The van der Waals surface area contributed by atoms with E-state index in [1.165, 1.54) is 11.1 Å². The first-order valence-corrected chi connectivity index (χ1v) is 2.83. The molecule has 54 valence electrons. The topological polar surface area (TPSA) is 74.6 Å². The number of nitrogens with zero attached hydrogens (tertiary/aromatic N) is 4. The monoisotopic (exact) mass is 146 g/mol. The van der Waals surface area contributed by atoms with Gasteiger partial charge in [0, 0.05) is 13.2 Å². The third-order valence-corrected chi connectivity index (χ3v) is 0.911. The number of hydrogen-bond donors (Lipinski definition) is 0. The second-order valence-electron chi connectivity index (χ2n) is 1.84. The average Bonchev–Trinajstić information content (AvgIpc) is 2.01. The van der Waals surface area contributed by atoms with Gasteiger partial charge in [-0.2, -0.15) is 15.8 Å². The second kappa shape index (κ2) is 4.85. The van der Waals surface area contributed by atoms with Crippen molar-refractivity contribution in [3.05, 3.63) is 11.8 Å². The van der Waals surface area contributed by atoms with Gasteiger partial charge in [-0.1, -0.05) is 0 Å². The van der Waals surface area contributed by atoms with Crippen molar-refractivity contribution in [3.63, 3.8) is 0 Å². The van der Waals surface area contributed by atoms with Gasteiger partial charge in [-0.3, -0.25) is 0 Å². The van der Waals surface area contributed by atoms with Crippen LogP contribution in [0.15, 0.2) is 11.8 Å². The van der Waals surface area contributed by atoms with E-state index in [4.69, 9.17) is 15.8 Å². The Balaban J connectivity index is 4.23. The fourth-order valence-corrected chi connectivity index (χ4v) is 0.460. The Morgan fingerprint density at radius 2 is 1.91 bits per heavy atom. The van der Waals surface area contributed by atoms with Gasteiger partial charge in [0.15, 0.2) is 0 Å². The molecule has 0 N–H and O–H groups in total. The standard InChI is InChI=1S/C7H6N4/c1-11(3-2-8)6-7(4-9)5-10/h6H,3H2,1H3. The van der Waals surface area contributed by atoms with Crippen molar-refractivity contribution in [1.82, 2.24) is 4.90 Å². The predicted octanol–water partition coefficient (Wildman–Crippen LogP) is 0.373. The van der Waals surface area contributed by atoms with Crippen LogP contribution in [0.1, 0.15) is 0 Å². The smallest absolute Gasteiger partial charge is 0.145 e. The number of allylic oxidation sites excluding steroid dienone is 1. The van der Waals surface area contributed by atoms with Crippen LogP contribution in [0.5, 0.6) is 0 Å². The summed E-state index contributed by atoms with van der Waals surface area (Å²) < 4.78 is 0. The molecule has 0 saturated heterocycles. The zero-order chi connectivity index (χ0) is 8.69. The molecule has 0 heterocycles. The van der Waals surface area contributed by atoms with Gasteiger partial charge in [0.05, 0.1) is 6.07 Å². The van der Waals surface area contributed by atoms with E-state index in [-0.39, 0.29) is 12.1 Å². The molecule has 4 heteroatoms. The summed E-state index contributed by atoms with van der Waals surface area (Å²) in [4.78, 5) is 1.47. The lowest BCUT2D eigenvalue weighted by atomic mass is 10.3. The Hall–Kier alpha value is -1.99. The molecule has 0 amide bonds. The first-order valence-electron chi connectivity index (χ1n) is 2.83. The van der Waals surface area contributed by atoms with E-state index in [1.807, 2.05) is 6.07 Å². The highest BCUT2D eigenvalue weighted by Crippen LogP contribution is 1.91. The highest BCUT2D eigenvalue weighted by Gasteiger charge is 1.93. The van der Waals surface area contributed by atoms with Crippen molar-refractivity contribution in [2.45, 2.75) is 0 Å². The Kier molecular flexibility index (Phi) is 3.97.